The lowest BCUT2D eigenvalue weighted by Crippen LogP contribution is -2.41. The number of carbonyl (C=O) groups excluding carboxylic acids is 2. The zero-order chi connectivity index (χ0) is 17.9. The highest BCUT2D eigenvalue weighted by Gasteiger charge is 2.35. The van der Waals surface area contributed by atoms with Crippen molar-refractivity contribution >= 4 is 12.0 Å². The normalized spacial score (nSPS) is 23.5. The monoisotopic (exact) mass is 339 g/mol. The predicted molar refractivity (Wildman–Crippen MR) is 93.8 cm³/mol. The second-order valence-electron chi connectivity index (χ2n) is 8.22. The van der Waals surface area contributed by atoms with Crippen LogP contribution in [0.3, 0.4) is 0 Å². The average molecular weight is 339 g/mol. The first kappa shape index (κ1) is 19.0. The van der Waals surface area contributed by atoms with E-state index in [0.29, 0.717) is 19.1 Å². The third-order valence-electron chi connectivity index (χ3n) is 4.76. The summed E-state index contributed by atoms with van der Waals surface area (Å²) in [6.07, 6.45) is 1.45. The van der Waals surface area contributed by atoms with Crippen molar-refractivity contribution < 1.29 is 14.3 Å². The van der Waals surface area contributed by atoms with Crippen LogP contribution in [-0.2, 0) is 9.53 Å². The lowest BCUT2D eigenvalue weighted by molar-refractivity contribution is -0.135. The number of hydrogen-bond acceptors (Lipinski definition) is 4. The van der Waals surface area contributed by atoms with Gasteiger partial charge >= 0.3 is 6.09 Å². The van der Waals surface area contributed by atoms with Crippen LogP contribution in [0.1, 0.15) is 47.5 Å². The van der Waals surface area contributed by atoms with E-state index < -0.39 is 5.60 Å². The highest BCUT2D eigenvalue weighted by atomic mass is 16.6. The number of amides is 2. The van der Waals surface area contributed by atoms with Crippen LogP contribution < -0.4 is 0 Å². The van der Waals surface area contributed by atoms with E-state index in [1.807, 2.05) is 25.7 Å². The smallest absolute Gasteiger partial charge is 0.410 e. The summed E-state index contributed by atoms with van der Waals surface area (Å²) in [5.74, 6) is 0.120. The Morgan fingerprint density at radius 1 is 1.00 bits per heavy atom. The van der Waals surface area contributed by atoms with Crippen LogP contribution in [0.5, 0.6) is 0 Å². The maximum absolute atomic E-state index is 12.8. The van der Waals surface area contributed by atoms with Crippen LogP contribution in [-0.4, -0.2) is 77.6 Å². The van der Waals surface area contributed by atoms with E-state index in [-0.39, 0.29) is 17.9 Å². The van der Waals surface area contributed by atoms with Crippen molar-refractivity contribution in [3.8, 4) is 0 Å². The van der Waals surface area contributed by atoms with E-state index in [9.17, 15) is 9.59 Å². The van der Waals surface area contributed by atoms with Crippen LogP contribution in [0.4, 0.5) is 4.79 Å². The number of likely N-dealkylation sites (tertiary alicyclic amines) is 1. The molecule has 6 heteroatoms. The van der Waals surface area contributed by atoms with Crippen molar-refractivity contribution in [2.45, 2.75) is 59.1 Å². The zero-order valence-electron chi connectivity index (χ0n) is 15.9. The number of rotatable bonds is 2. The van der Waals surface area contributed by atoms with Crippen LogP contribution in [0.15, 0.2) is 0 Å². The van der Waals surface area contributed by atoms with Crippen LogP contribution in [0, 0.1) is 5.92 Å². The molecule has 0 aromatic heterocycles. The van der Waals surface area contributed by atoms with E-state index in [1.54, 1.807) is 4.90 Å². The van der Waals surface area contributed by atoms with Crippen LogP contribution in [0.2, 0.25) is 0 Å². The molecular weight excluding hydrogens is 306 g/mol. The summed E-state index contributed by atoms with van der Waals surface area (Å²) in [6, 6.07) is 0.522. The number of carbonyl (C=O) groups is 2. The molecule has 0 aliphatic carbocycles. The maximum atomic E-state index is 12.8. The average Bonchev–Trinajstić information content (AvgIpc) is 2.82. The Morgan fingerprint density at radius 3 is 2.33 bits per heavy atom. The molecule has 2 amide bonds. The molecule has 0 unspecified atom stereocenters. The number of nitrogens with zero attached hydrogens (tertiary/aromatic N) is 3. The van der Waals surface area contributed by atoms with Gasteiger partial charge in [0.2, 0.25) is 5.91 Å². The molecule has 0 saturated carbocycles. The minimum atomic E-state index is -0.496. The molecule has 2 rings (SSSR count). The van der Waals surface area contributed by atoms with Crippen molar-refractivity contribution in [1.29, 1.82) is 0 Å². The maximum Gasteiger partial charge on any atom is 0.410 e. The van der Waals surface area contributed by atoms with Crippen LogP contribution in [0.25, 0.3) is 0 Å². The summed E-state index contributed by atoms with van der Waals surface area (Å²) in [6.45, 7) is 14.7. The Morgan fingerprint density at radius 2 is 1.71 bits per heavy atom. The summed E-state index contributed by atoms with van der Waals surface area (Å²) >= 11 is 0. The van der Waals surface area contributed by atoms with Gasteiger partial charge in [-0.1, -0.05) is 0 Å². The molecule has 1 atom stereocenters. The highest BCUT2D eigenvalue weighted by molar-refractivity contribution is 5.80. The van der Waals surface area contributed by atoms with E-state index in [4.69, 9.17) is 4.74 Å². The van der Waals surface area contributed by atoms with E-state index >= 15 is 0 Å². The topological polar surface area (TPSA) is 53.1 Å². The van der Waals surface area contributed by atoms with Crippen molar-refractivity contribution in [1.82, 2.24) is 14.7 Å². The summed E-state index contributed by atoms with van der Waals surface area (Å²) < 4.78 is 5.41. The fourth-order valence-corrected chi connectivity index (χ4v) is 3.39. The summed E-state index contributed by atoms with van der Waals surface area (Å²) in [5, 5.41) is 0. The Hall–Kier alpha value is -1.30. The first-order valence-electron chi connectivity index (χ1n) is 9.18. The molecule has 6 nitrogen and oxygen atoms in total. The van der Waals surface area contributed by atoms with Gasteiger partial charge in [-0.2, -0.15) is 0 Å². The van der Waals surface area contributed by atoms with Gasteiger partial charge in [0.15, 0.2) is 0 Å². The molecule has 0 radical (unpaired) electrons. The Labute approximate surface area is 146 Å². The molecular formula is C18H33N3O3. The van der Waals surface area contributed by atoms with Crippen LogP contribution >= 0.6 is 0 Å². The molecule has 24 heavy (non-hydrogen) atoms. The molecule has 0 spiro atoms. The van der Waals surface area contributed by atoms with Crippen molar-refractivity contribution in [3.63, 3.8) is 0 Å². The molecule has 0 aromatic rings. The SMILES string of the molecule is CC(C)N1CCCN(C(=O)[C@H]2CCN(C(=O)OC(C)(C)C)C2)CC1. The quantitative estimate of drug-likeness (QED) is 0.774. The minimum absolute atomic E-state index is 0.0804. The van der Waals surface area contributed by atoms with E-state index in [2.05, 4.69) is 18.7 Å². The lowest BCUT2D eigenvalue weighted by atomic mass is 10.1. The molecule has 138 valence electrons. The molecule has 2 aliphatic heterocycles. The third-order valence-corrected chi connectivity index (χ3v) is 4.76. The van der Waals surface area contributed by atoms with Crippen molar-refractivity contribution in [3.05, 3.63) is 0 Å². The first-order chi connectivity index (χ1) is 11.2. The molecule has 0 bridgehead atoms. The Kier molecular flexibility index (Phi) is 6.12. The Bertz CT molecular complexity index is 459. The second kappa shape index (κ2) is 7.72. The van der Waals surface area contributed by atoms with Crippen molar-refractivity contribution in [2.75, 3.05) is 39.3 Å². The van der Waals surface area contributed by atoms with E-state index in [1.165, 1.54) is 0 Å². The summed E-state index contributed by atoms with van der Waals surface area (Å²) in [7, 11) is 0. The standard InChI is InChI=1S/C18H33N3O3/c1-14(2)19-8-6-9-20(12-11-19)16(22)15-7-10-21(13-15)17(23)24-18(3,4)5/h14-15H,6-13H2,1-5H3/t15-/m0/s1. The Balaban J connectivity index is 1.86. The highest BCUT2D eigenvalue weighted by Crippen LogP contribution is 2.22. The molecule has 2 heterocycles. The minimum Gasteiger partial charge on any atom is -0.444 e. The van der Waals surface area contributed by atoms with Gasteiger partial charge in [-0.05, 0) is 47.5 Å². The molecule has 0 N–H and O–H groups in total. The van der Waals surface area contributed by atoms with Gasteiger partial charge in [-0.3, -0.25) is 9.69 Å². The first-order valence-corrected chi connectivity index (χ1v) is 9.18. The largest absolute Gasteiger partial charge is 0.444 e. The van der Waals surface area contributed by atoms with Gasteiger partial charge in [0, 0.05) is 45.3 Å². The number of hydrogen-bond donors (Lipinski definition) is 0. The predicted octanol–water partition coefficient (Wildman–Crippen LogP) is 2.19. The molecule has 2 saturated heterocycles. The summed E-state index contributed by atoms with van der Waals surface area (Å²) in [5.41, 5.74) is -0.496. The van der Waals surface area contributed by atoms with Gasteiger partial charge in [-0.15, -0.1) is 0 Å². The van der Waals surface area contributed by atoms with Gasteiger partial charge in [0.25, 0.3) is 0 Å². The third kappa shape index (κ3) is 5.10. The van der Waals surface area contributed by atoms with Gasteiger partial charge in [0.1, 0.15) is 5.60 Å². The fraction of sp³-hybridized carbons (Fsp3) is 0.889. The molecule has 2 fully saturated rings. The number of ether oxygens (including phenoxy) is 1. The van der Waals surface area contributed by atoms with E-state index in [0.717, 1.165) is 39.0 Å². The van der Waals surface area contributed by atoms with Gasteiger partial charge in [-0.25, -0.2) is 4.79 Å². The second-order valence-corrected chi connectivity index (χ2v) is 8.22. The van der Waals surface area contributed by atoms with Gasteiger partial charge in [0.05, 0.1) is 5.92 Å². The van der Waals surface area contributed by atoms with Gasteiger partial charge < -0.3 is 14.5 Å². The lowest BCUT2D eigenvalue weighted by Gasteiger charge is -2.27. The fourth-order valence-electron chi connectivity index (χ4n) is 3.39. The summed E-state index contributed by atoms with van der Waals surface area (Å²) in [4.78, 5) is 31.1. The van der Waals surface area contributed by atoms with Crippen molar-refractivity contribution in [2.24, 2.45) is 5.92 Å². The molecule has 0 aromatic carbocycles. The zero-order valence-corrected chi connectivity index (χ0v) is 15.9. The molecule has 2 aliphatic rings.